The monoisotopic (exact) mass is 668 g/mol. The first-order valence-corrected chi connectivity index (χ1v) is 18.6. The molecule has 0 radical (unpaired) electrons. The molecule has 1 unspecified atom stereocenters. The van der Waals surface area contributed by atoms with E-state index in [4.69, 9.17) is 4.42 Å². The number of thiophene rings is 1. The summed E-state index contributed by atoms with van der Waals surface area (Å²) in [6, 6.07) is 60.4. The van der Waals surface area contributed by atoms with Gasteiger partial charge in [0.05, 0.1) is 0 Å². The van der Waals surface area contributed by atoms with Gasteiger partial charge in [0.15, 0.2) is 0 Å². The van der Waals surface area contributed by atoms with Gasteiger partial charge < -0.3 is 4.42 Å². The van der Waals surface area contributed by atoms with E-state index in [1.54, 1.807) is 0 Å². The zero-order valence-electron chi connectivity index (χ0n) is 27.9. The molecule has 0 aliphatic carbocycles. The second kappa shape index (κ2) is 11.3. The normalized spacial score (nSPS) is 12.8. The van der Waals surface area contributed by atoms with Crippen LogP contribution in [0.2, 0.25) is 0 Å². The Bertz CT molecular complexity index is 3150. The molecular weight excluding hydrogens is 637 g/mol. The molecule has 0 bridgehead atoms. The molecule has 2 aromatic heterocycles. The first-order valence-electron chi connectivity index (χ1n) is 17.8. The van der Waals surface area contributed by atoms with Gasteiger partial charge >= 0.3 is 0 Å². The number of benzene rings is 9. The second-order valence-electron chi connectivity index (χ2n) is 14.0. The summed E-state index contributed by atoms with van der Waals surface area (Å²) in [4.78, 5) is 0. The van der Waals surface area contributed by atoms with Crippen LogP contribution in [-0.2, 0) is 12.8 Å². The van der Waals surface area contributed by atoms with Crippen LogP contribution in [0.25, 0.3) is 85.2 Å². The van der Waals surface area contributed by atoms with Gasteiger partial charge in [-0.15, -0.1) is 11.3 Å². The maximum atomic E-state index is 6.74. The maximum absolute atomic E-state index is 6.74. The van der Waals surface area contributed by atoms with Gasteiger partial charge in [-0.05, 0) is 103 Å². The summed E-state index contributed by atoms with van der Waals surface area (Å²) in [5.41, 5.74) is 6.02. The lowest BCUT2D eigenvalue weighted by Gasteiger charge is -2.20. The Hall–Kier alpha value is -5.96. The van der Waals surface area contributed by atoms with E-state index in [9.17, 15) is 0 Å². The standard InChI is InChI=1S/C49H32OS/c1-2-14-34-31(11-1)12-9-13-32(34)27-33(35-20-10-21-42-41-19-7-8-22-48(41)51-49(35)42)25-30-23-24-40-45-28-43-38-17-5-3-15-36(38)37-16-4-6-18-39(37)44(43)29-47(45)50-46(40)26-30/h1-24,26,28-29,33H,25,27H2. The number of rotatable bonds is 5. The van der Waals surface area contributed by atoms with E-state index in [0.29, 0.717) is 0 Å². The summed E-state index contributed by atoms with van der Waals surface area (Å²) in [5, 5.41) is 15.3. The highest BCUT2D eigenvalue weighted by Gasteiger charge is 2.21. The summed E-state index contributed by atoms with van der Waals surface area (Å²) in [7, 11) is 0. The van der Waals surface area contributed by atoms with Crippen LogP contribution < -0.4 is 0 Å². The van der Waals surface area contributed by atoms with Gasteiger partial charge in [-0.25, -0.2) is 0 Å². The van der Waals surface area contributed by atoms with Gasteiger partial charge in [-0.1, -0.05) is 140 Å². The Balaban J connectivity index is 1.07. The summed E-state index contributed by atoms with van der Waals surface area (Å²) >= 11 is 1.93. The summed E-state index contributed by atoms with van der Waals surface area (Å²) in [6.45, 7) is 0. The minimum absolute atomic E-state index is 0.287. The van der Waals surface area contributed by atoms with Crippen molar-refractivity contribution in [1.82, 2.24) is 0 Å². The van der Waals surface area contributed by atoms with Gasteiger partial charge in [0.2, 0.25) is 0 Å². The predicted molar refractivity (Wildman–Crippen MR) is 220 cm³/mol. The van der Waals surface area contributed by atoms with Crippen molar-refractivity contribution in [3.05, 3.63) is 180 Å². The van der Waals surface area contributed by atoms with Crippen molar-refractivity contribution in [2.75, 3.05) is 0 Å². The van der Waals surface area contributed by atoms with Gasteiger partial charge in [-0.2, -0.15) is 0 Å². The van der Waals surface area contributed by atoms with Crippen LogP contribution in [-0.4, -0.2) is 0 Å². The highest BCUT2D eigenvalue weighted by Crippen LogP contribution is 2.43. The van der Waals surface area contributed by atoms with E-state index < -0.39 is 0 Å². The average Bonchev–Trinajstić information content (AvgIpc) is 3.75. The van der Waals surface area contributed by atoms with Crippen molar-refractivity contribution in [3.63, 3.8) is 0 Å². The minimum atomic E-state index is 0.287. The van der Waals surface area contributed by atoms with Crippen LogP contribution in [0, 0.1) is 0 Å². The molecule has 0 N–H and O–H groups in total. The van der Waals surface area contributed by atoms with Crippen LogP contribution in [0.1, 0.15) is 22.6 Å². The fourth-order valence-electron chi connectivity index (χ4n) is 8.75. The van der Waals surface area contributed by atoms with E-state index in [2.05, 4.69) is 164 Å². The molecule has 0 aliphatic heterocycles. The van der Waals surface area contributed by atoms with Crippen molar-refractivity contribution < 1.29 is 4.42 Å². The summed E-state index contributed by atoms with van der Waals surface area (Å²) < 4.78 is 9.49. The summed E-state index contributed by atoms with van der Waals surface area (Å²) in [5.74, 6) is 0.287. The molecular formula is C49H32OS. The molecule has 0 saturated carbocycles. The average molecular weight is 669 g/mol. The number of hydrogen-bond donors (Lipinski definition) is 0. The molecule has 2 heterocycles. The fraction of sp³-hybridized carbons (Fsp3) is 0.0612. The Morgan fingerprint density at radius 2 is 1.02 bits per heavy atom. The highest BCUT2D eigenvalue weighted by molar-refractivity contribution is 7.26. The first kappa shape index (κ1) is 28.8. The van der Waals surface area contributed by atoms with Crippen LogP contribution in [0.3, 0.4) is 0 Å². The number of fused-ring (bicyclic) bond motifs is 13. The third-order valence-electron chi connectivity index (χ3n) is 11.1. The first-order chi connectivity index (χ1) is 25.3. The molecule has 11 rings (SSSR count). The van der Waals surface area contributed by atoms with Crippen LogP contribution in [0.4, 0.5) is 0 Å². The number of hydrogen-bond acceptors (Lipinski definition) is 2. The Labute approximate surface area is 299 Å². The van der Waals surface area contributed by atoms with Crippen molar-refractivity contribution in [3.8, 4) is 0 Å². The van der Waals surface area contributed by atoms with Crippen molar-refractivity contribution in [2.45, 2.75) is 18.8 Å². The molecule has 9 aromatic carbocycles. The molecule has 0 spiro atoms. The third-order valence-corrected chi connectivity index (χ3v) is 12.3. The SMILES string of the molecule is c1ccc2c(CC(Cc3ccc4c(c3)oc3cc5c6ccccc6c6ccccc6c5cc34)c3cccc4c3sc3ccccc34)cccc2c1. The Kier molecular flexibility index (Phi) is 6.38. The Morgan fingerprint density at radius 3 is 1.82 bits per heavy atom. The number of furan rings is 1. The molecule has 51 heavy (non-hydrogen) atoms. The molecule has 2 heteroatoms. The van der Waals surface area contributed by atoms with Gasteiger partial charge in [-0.3, -0.25) is 0 Å². The third kappa shape index (κ3) is 4.53. The maximum Gasteiger partial charge on any atom is 0.136 e. The molecule has 0 aliphatic rings. The van der Waals surface area contributed by atoms with E-state index in [1.807, 2.05) is 11.3 Å². The van der Waals surface area contributed by atoms with E-state index >= 15 is 0 Å². The molecule has 0 fully saturated rings. The largest absolute Gasteiger partial charge is 0.456 e. The lowest BCUT2D eigenvalue weighted by atomic mass is 9.84. The molecule has 0 saturated heterocycles. The second-order valence-corrected chi connectivity index (χ2v) is 15.0. The van der Waals surface area contributed by atoms with E-state index in [-0.39, 0.29) is 5.92 Å². The summed E-state index contributed by atoms with van der Waals surface area (Å²) in [6.07, 6.45) is 1.87. The van der Waals surface area contributed by atoms with Gasteiger partial charge in [0.1, 0.15) is 11.2 Å². The van der Waals surface area contributed by atoms with E-state index in [1.165, 1.54) is 90.7 Å². The molecule has 11 aromatic rings. The fourth-order valence-corrected chi connectivity index (χ4v) is 10.0. The lowest BCUT2D eigenvalue weighted by Crippen LogP contribution is -2.08. The topological polar surface area (TPSA) is 13.1 Å². The molecule has 240 valence electrons. The van der Waals surface area contributed by atoms with Crippen LogP contribution >= 0.6 is 11.3 Å². The van der Waals surface area contributed by atoms with Crippen molar-refractivity contribution >= 4 is 96.5 Å². The lowest BCUT2D eigenvalue weighted by molar-refractivity contribution is 0.663. The van der Waals surface area contributed by atoms with E-state index in [0.717, 1.165) is 24.0 Å². The van der Waals surface area contributed by atoms with Gasteiger partial charge in [0, 0.05) is 30.9 Å². The van der Waals surface area contributed by atoms with Gasteiger partial charge in [0.25, 0.3) is 0 Å². The smallest absolute Gasteiger partial charge is 0.136 e. The predicted octanol–water partition coefficient (Wildman–Crippen LogP) is 14.1. The van der Waals surface area contributed by atoms with Crippen LogP contribution in [0.5, 0.6) is 0 Å². The molecule has 1 atom stereocenters. The molecule has 0 amide bonds. The molecule has 1 nitrogen and oxygen atoms in total. The zero-order valence-corrected chi connectivity index (χ0v) is 28.7. The highest BCUT2D eigenvalue weighted by atomic mass is 32.1. The van der Waals surface area contributed by atoms with Crippen LogP contribution in [0.15, 0.2) is 168 Å². The van der Waals surface area contributed by atoms with Crippen molar-refractivity contribution in [1.29, 1.82) is 0 Å². The zero-order chi connectivity index (χ0) is 33.5. The minimum Gasteiger partial charge on any atom is -0.456 e. The quantitative estimate of drug-likeness (QED) is 0.166. The van der Waals surface area contributed by atoms with Crippen molar-refractivity contribution in [2.24, 2.45) is 0 Å². The Morgan fingerprint density at radius 1 is 0.412 bits per heavy atom.